The topological polar surface area (TPSA) is 55.8 Å². The summed E-state index contributed by atoms with van der Waals surface area (Å²) < 4.78 is 10.6. The van der Waals surface area contributed by atoms with Crippen LogP contribution in [0.3, 0.4) is 0 Å². The van der Waals surface area contributed by atoms with Crippen molar-refractivity contribution < 1.29 is 19.1 Å². The molecule has 0 spiro atoms. The van der Waals surface area contributed by atoms with Crippen LogP contribution in [0.25, 0.3) is 0 Å². The van der Waals surface area contributed by atoms with E-state index in [1.165, 1.54) is 0 Å². The number of carbonyl (C=O) groups excluding carboxylic acids is 2. The summed E-state index contributed by atoms with van der Waals surface area (Å²) in [4.78, 5) is 27.3. The molecule has 0 saturated heterocycles. The van der Waals surface area contributed by atoms with Crippen molar-refractivity contribution in [2.75, 3.05) is 18.1 Å². The molecule has 0 radical (unpaired) electrons. The number of hydrogen-bond acceptors (Lipinski definition) is 5. The number of nitrogens with zero attached hydrogens (tertiary/aromatic N) is 1. The number of hydrogen-bond donors (Lipinski definition) is 0. The Bertz CT molecular complexity index is 708. The lowest BCUT2D eigenvalue weighted by Crippen LogP contribution is -2.46. The van der Waals surface area contributed by atoms with E-state index < -0.39 is 18.0 Å². The minimum atomic E-state index is -1.20. The lowest BCUT2D eigenvalue weighted by Gasteiger charge is -2.31. The normalized spacial score (nSPS) is 10.5. The Morgan fingerprint density at radius 3 is 1.78 bits per heavy atom. The van der Waals surface area contributed by atoms with E-state index in [0.717, 1.165) is 11.3 Å². The summed E-state index contributed by atoms with van der Waals surface area (Å²) in [6.07, 6.45) is 1.36. The number of aryl methyl sites for hydroxylation is 1. The maximum absolute atomic E-state index is 12.8. The van der Waals surface area contributed by atoms with Gasteiger partial charge < -0.3 is 14.4 Å². The summed E-state index contributed by atoms with van der Waals surface area (Å²) in [5.41, 5.74) is 2.53. The summed E-state index contributed by atoms with van der Waals surface area (Å²) in [5.74, 6) is -1.22. The smallest absolute Gasteiger partial charge is 0.340 e. The minimum Gasteiger partial charge on any atom is -0.464 e. The zero-order chi connectivity index (χ0) is 19.6. The Morgan fingerprint density at radius 2 is 1.30 bits per heavy atom. The van der Waals surface area contributed by atoms with E-state index in [1.54, 1.807) is 4.90 Å². The average molecular weight is 369 g/mol. The molecule has 2 rings (SSSR count). The first-order chi connectivity index (χ1) is 13.1. The maximum atomic E-state index is 12.8. The van der Waals surface area contributed by atoms with Gasteiger partial charge in [0.2, 0.25) is 6.04 Å². The molecule has 0 saturated carbocycles. The molecule has 0 aliphatic rings. The highest BCUT2D eigenvalue weighted by atomic mass is 16.6. The zero-order valence-electron chi connectivity index (χ0n) is 16.2. The van der Waals surface area contributed by atoms with Crippen molar-refractivity contribution in [2.45, 2.75) is 39.7 Å². The molecule has 0 atom stereocenters. The van der Waals surface area contributed by atoms with Crippen LogP contribution in [-0.4, -0.2) is 31.2 Å². The third kappa shape index (κ3) is 5.58. The Kier molecular flexibility index (Phi) is 7.86. The van der Waals surface area contributed by atoms with Gasteiger partial charge in [0.1, 0.15) is 0 Å². The summed E-state index contributed by atoms with van der Waals surface area (Å²) in [6.45, 7) is 6.32. The zero-order valence-corrected chi connectivity index (χ0v) is 16.2. The van der Waals surface area contributed by atoms with Crippen LogP contribution in [0.5, 0.6) is 0 Å². The molecule has 0 aromatic heterocycles. The third-order valence-corrected chi connectivity index (χ3v) is 3.95. The van der Waals surface area contributed by atoms with E-state index in [1.807, 2.05) is 75.4 Å². The van der Waals surface area contributed by atoms with Gasteiger partial charge in [-0.15, -0.1) is 0 Å². The van der Waals surface area contributed by atoms with Crippen LogP contribution in [0, 0.1) is 6.92 Å². The molecule has 2 aromatic carbocycles. The van der Waals surface area contributed by atoms with Crippen LogP contribution in [0.4, 0.5) is 11.4 Å². The quantitative estimate of drug-likeness (QED) is 0.484. The van der Waals surface area contributed by atoms with Crippen molar-refractivity contribution in [3.05, 3.63) is 60.2 Å². The second kappa shape index (κ2) is 10.4. The van der Waals surface area contributed by atoms with Crippen molar-refractivity contribution in [3.63, 3.8) is 0 Å². The van der Waals surface area contributed by atoms with Gasteiger partial charge in [0, 0.05) is 11.4 Å². The minimum absolute atomic E-state index is 0.257. The Balaban J connectivity index is 2.49. The van der Waals surface area contributed by atoms with Gasteiger partial charge in [-0.05, 0) is 44.0 Å². The van der Waals surface area contributed by atoms with E-state index in [0.29, 0.717) is 18.5 Å². The largest absolute Gasteiger partial charge is 0.464 e. The molecule has 0 N–H and O–H groups in total. The van der Waals surface area contributed by atoms with Crippen LogP contribution in [0.15, 0.2) is 54.6 Å². The molecule has 0 unspecified atom stereocenters. The summed E-state index contributed by atoms with van der Waals surface area (Å²) >= 11 is 0. The summed E-state index contributed by atoms with van der Waals surface area (Å²) in [6, 6.07) is 15.8. The van der Waals surface area contributed by atoms with Gasteiger partial charge in [-0.3, -0.25) is 0 Å². The van der Waals surface area contributed by atoms with Crippen LogP contribution in [-0.2, 0) is 19.1 Å². The van der Waals surface area contributed by atoms with Crippen LogP contribution in [0.2, 0.25) is 0 Å². The second-order valence-corrected chi connectivity index (χ2v) is 6.28. The monoisotopic (exact) mass is 369 g/mol. The first-order valence-electron chi connectivity index (χ1n) is 9.32. The van der Waals surface area contributed by atoms with Crippen LogP contribution >= 0.6 is 0 Å². The number of esters is 2. The molecule has 5 heteroatoms. The first kappa shape index (κ1) is 20.5. The van der Waals surface area contributed by atoms with Crippen molar-refractivity contribution in [3.8, 4) is 0 Å². The predicted octanol–water partition coefficient (Wildman–Crippen LogP) is 4.41. The summed E-state index contributed by atoms with van der Waals surface area (Å²) in [7, 11) is 0. The molecule has 5 nitrogen and oxygen atoms in total. The molecule has 0 heterocycles. The average Bonchev–Trinajstić information content (AvgIpc) is 2.70. The predicted molar refractivity (Wildman–Crippen MR) is 106 cm³/mol. The highest BCUT2D eigenvalue weighted by molar-refractivity contribution is 6.04. The van der Waals surface area contributed by atoms with E-state index in [4.69, 9.17) is 9.47 Å². The Morgan fingerprint density at radius 1 is 0.815 bits per heavy atom. The fourth-order valence-electron chi connectivity index (χ4n) is 2.61. The summed E-state index contributed by atoms with van der Waals surface area (Å²) in [5, 5.41) is 0. The highest BCUT2D eigenvalue weighted by Crippen LogP contribution is 2.29. The molecule has 144 valence electrons. The molecule has 0 aliphatic heterocycles. The van der Waals surface area contributed by atoms with Crippen molar-refractivity contribution >= 4 is 23.3 Å². The molecular formula is C22H27NO4. The highest BCUT2D eigenvalue weighted by Gasteiger charge is 2.37. The van der Waals surface area contributed by atoms with E-state index in [-0.39, 0.29) is 13.2 Å². The first-order valence-corrected chi connectivity index (χ1v) is 9.32. The van der Waals surface area contributed by atoms with E-state index in [2.05, 4.69) is 0 Å². The Labute approximate surface area is 160 Å². The van der Waals surface area contributed by atoms with Gasteiger partial charge in [0.25, 0.3) is 0 Å². The van der Waals surface area contributed by atoms with Crippen LogP contribution in [0.1, 0.15) is 32.3 Å². The number of anilines is 2. The number of para-hydroxylation sites is 1. The van der Waals surface area contributed by atoms with Gasteiger partial charge in [0.15, 0.2) is 0 Å². The van der Waals surface area contributed by atoms with Gasteiger partial charge in [-0.25, -0.2) is 9.59 Å². The fraction of sp³-hybridized carbons (Fsp3) is 0.364. The van der Waals surface area contributed by atoms with Gasteiger partial charge >= 0.3 is 11.9 Å². The standard InChI is InChI=1S/C22H27NO4/c1-4-15-26-21(24)20(22(25)27-16-5-2)23(18-9-7-6-8-10-18)19-13-11-17(3)12-14-19/h6-14,20H,4-5,15-16H2,1-3H3. The molecule has 27 heavy (non-hydrogen) atoms. The fourth-order valence-corrected chi connectivity index (χ4v) is 2.61. The SMILES string of the molecule is CCCOC(=O)C(C(=O)OCCC)N(c1ccccc1)c1ccc(C)cc1. The van der Waals surface area contributed by atoms with Gasteiger partial charge in [-0.2, -0.15) is 0 Å². The Hall–Kier alpha value is -2.82. The second-order valence-electron chi connectivity index (χ2n) is 6.28. The van der Waals surface area contributed by atoms with Crippen molar-refractivity contribution in [1.82, 2.24) is 0 Å². The number of rotatable bonds is 9. The van der Waals surface area contributed by atoms with Crippen molar-refractivity contribution in [1.29, 1.82) is 0 Å². The number of ether oxygens (including phenoxy) is 2. The van der Waals surface area contributed by atoms with E-state index in [9.17, 15) is 9.59 Å². The van der Waals surface area contributed by atoms with E-state index >= 15 is 0 Å². The molecule has 0 fully saturated rings. The molecule has 0 bridgehead atoms. The van der Waals surface area contributed by atoms with Gasteiger partial charge in [-0.1, -0.05) is 49.7 Å². The third-order valence-electron chi connectivity index (χ3n) is 3.95. The molecule has 0 aliphatic carbocycles. The molecular weight excluding hydrogens is 342 g/mol. The van der Waals surface area contributed by atoms with Crippen molar-refractivity contribution in [2.24, 2.45) is 0 Å². The van der Waals surface area contributed by atoms with Gasteiger partial charge in [0.05, 0.1) is 13.2 Å². The number of benzene rings is 2. The molecule has 0 amide bonds. The van der Waals surface area contributed by atoms with Crippen LogP contribution < -0.4 is 4.90 Å². The lowest BCUT2D eigenvalue weighted by atomic mass is 10.1. The number of carbonyl (C=O) groups is 2. The lowest BCUT2D eigenvalue weighted by molar-refractivity contribution is -0.156. The maximum Gasteiger partial charge on any atom is 0.340 e. The molecule has 2 aromatic rings.